The Morgan fingerprint density at radius 3 is 2.95 bits per heavy atom. The molecule has 0 aliphatic heterocycles. The van der Waals surface area contributed by atoms with Crippen molar-refractivity contribution in [3.8, 4) is 0 Å². The van der Waals surface area contributed by atoms with Crippen molar-refractivity contribution in [2.24, 2.45) is 0 Å². The monoisotopic (exact) mass is 325 g/mol. The standard InChI is InChI=1S/C14H17BrFN3/c1-3-6-19-11(4-5-18-19)9-17-14-8-13(16)12(15)7-10(14)2/h4-5,7-8,17H,3,6,9H2,1-2H3. The Kier molecular flexibility index (Phi) is 4.58. The maximum atomic E-state index is 13.5. The van der Waals surface area contributed by atoms with Gasteiger partial charge in [-0.2, -0.15) is 5.10 Å². The van der Waals surface area contributed by atoms with Crippen molar-refractivity contribution in [2.45, 2.75) is 33.4 Å². The summed E-state index contributed by atoms with van der Waals surface area (Å²) in [4.78, 5) is 0. The maximum absolute atomic E-state index is 13.5. The smallest absolute Gasteiger partial charge is 0.139 e. The third-order valence-electron chi connectivity index (χ3n) is 2.97. The van der Waals surface area contributed by atoms with Crippen LogP contribution in [0.3, 0.4) is 0 Å². The zero-order valence-corrected chi connectivity index (χ0v) is 12.7. The van der Waals surface area contributed by atoms with Gasteiger partial charge in [-0.1, -0.05) is 6.92 Å². The Morgan fingerprint density at radius 1 is 1.42 bits per heavy atom. The molecule has 0 radical (unpaired) electrons. The lowest BCUT2D eigenvalue weighted by Crippen LogP contribution is -2.09. The van der Waals surface area contributed by atoms with Gasteiger partial charge in [0.15, 0.2) is 0 Å². The summed E-state index contributed by atoms with van der Waals surface area (Å²) in [5.41, 5.74) is 2.92. The van der Waals surface area contributed by atoms with Crippen LogP contribution < -0.4 is 5.32 Å². The quantitative estimate of drug-likeness (QED) is 0.896. The minimum atomic E-state index is -0.254. The lowest BCUT2D eigenvalue weighted by molar-refractivity contribution is 0.578. The fourth-order valence-corrected chi connectivity index (χ4v) is 2.40. The summed E-state index contributed by atoms with van der Waals surface area (Å²) >= 11 is 3.19. The van der Waals surface area contributed by atoms with Crippen LogP contribution in [0.25, 0.3) is 0 Å². The van der Waals surface area contributed by atoms with Gasteiger partial charge in [-0.25, -0.2) is 4.39 Å². The van der Waals surface area contributed by atoms with E-state index in [1.165, 1.54) is 6.07 Å². The Labute approximate surface area is 121 Å². The number of hydrogen-bond acceptors (Lipinski definition) is 2. The second-order valence-corrected chi connectivity index (χ2v) is 5.33. The van der Waals surface area contributed by atoms with Gasteiger partial charge in [0.2, 0.25) is 0 Å². The topological polar surface area (TPSA) is 29.9 Å². The van der Waals surface area contributed by atoms with E-state index in [-0.39, 0.29) is 5.82 Å². The number of rotatable bonds is 5. The summed E-state index contributed by atoms with van der Waals surface area (Å²) in [6.45, 7) is 5.61. The van der Waals surface area contributed by atoms with Gasteiger partial charge in [-0.3, -0.25) is 4.68 Å². The maximum Gasteiger partial charge on any atom is 0.139 e. The number of aryl methyl sites for hydroxylation is 2. The van der Waals surface area contributed by atoms with Crippen LogP contribution in [-0.4, -0.2) is 9.78 Å². The predicted octanol–water partition coefficient (Wildman–Crippen LogP) is 4.12. The van der Waals surface area contributed by atoms with Gasteiger partial charge in [-0.15, -0.1) is 0 Å². The molecule has 19 heavy (non-hydrogen) atoms. The van der Waals surface area contributed by atoms with E-state index in [4.69, 9.17) is 0 Å². The normalized spacial score (nSPS) is 10.7. The number of halogens is 2. The highest BCUT2D eigenvalue weighted by molar-refractivity contribution is 9.10. The van der Waals surface area contributed by atoms with Crippen molar-refractivity contribution >= 4 is 21.6 Å². The number of nitrogens with zero attached hydrogens (tertiary/aromatic N) is 2. The molecule has 3 nitrogen and oxygen atoms in total. The third-order valence-corrected chi connectivity index (χ3v) is 3.57. The lowest BCUT2D eigenvalue weighted by Gasteiger charge is -2.12. The molecule has 2 rings (SSSR count). The summed E-state index contributed by atoms with van der Waals surface area (Å²) in [6, 6.07) is 5.27. The Bertz CT molecular complexity index is 566. The summed E-state index contributed by atoms with van der Waals surface area (Å²) in [7, 11) is 0. The third kappa shape index (κ3) is 3.35. The predicted molar refractivity (Wildman–Crippen MR) is 78.7 cm³/mol. The molecular formula is C14H17BrFN3. The van der Waals surface area contributed by atoms with Crippen LogP contribution in [0.15, 0.2) is 28.9 Å². The summed E-state index contributed by atoms with van der Waals surface area (Å²) in [6.07, 6.45) is 2.84. The van der Waals surface area contributed by atoms with E-state index in [2.05, 4.69) is 33.3 Å². The molecule has 0 saturated carbocycles. The highest BCUT2D eigenvalue weighted by atomic mass is 79.9. The van der Waals surface area contributed by atoms with E-state index in [0.717, 1.165) is 29.9 Å². The van der Waals surface area contributed by atoms with Crippen LogP contribution in [0.1, 0.15) is 24.6 Å². The zero-order chi connectivity index (χ0) is 13.8. The molecule has 0 unspecified atom stereocenters. The van der Waals surface area contributed by atoms with Crippen molar-refractivity contribution in [1.82, 2.24) is 9.78 Å². The number of hydrogen-bond donors (Lipinski definition) is 1. The second-order valence-electron chi connectivity index (χ2n) is 4.48. The molecular weight excluding hydrogens is 309 g/mol. The highest BCUT2D eigenvalue weighted by Crippen LogP contribution is 2.24. The number of aromatic nitrogens is 2. The molecule has 2 aromatic rings. The van der Waals surface area contributed by atoms with Gasteiger partial charge in [0.25, 0.3) is 0 Å². The van der Waals surface area contributed by atoms with Crippen LogP contribution in [0.2, 0.25) is 0 Å². The molecule has 0 bridgehead atoms. The van der Waals surface area contributed by atoms with Crippen LogP contribution in [-0.2, 0) is 13.1 Å². The largest absolute Gasteiger partial charge is 0.379 e. The van der Waals surface area contributed by atoms with Crippen molar-refractivity contribution in [3.05, 3.63) is 45.9 Å². The van der Waals surface area contributed by atoms with Gasteiger partial charge >= 0.3 is 0 Å². The highest BCUT2D eigenvalue weighted by Gasteiger charge is 2.06. The summed E-state index contributed by atoms with van der Waals surface area (Å²) < 4.78 is 16.0. The summed E-state index contributed by atoms with van der Waals surface area (Å²) in [5.74, 6) is -0.254. The fourth-order valence-electron chi connectivity index (χ4n) is 1.95. The SMILES string of the molecule is CCCn1nccc1CNc1cc(F)c(Br)cc1C. The number of nitrogens with one attached hydrogen (secondary N) is 1. The Balaban J connectivity index is 2.10. The van der Waals surface area contributed by atoms with Gasteiger partial charge < -0.3 is 5.32 Å². The van der Waals surface area contributed by atoms with Crippen molar-refractivity contribution in [3.63, 3.8) is 0 Å². The Hall–Kier alpha value is -1.36. The average molecular weight is 326 g/mol. The van der Waals surface area contributed by atoms with E-state index < -0.39 is 0 Å². The molecule has 0 aliphatic carbocycles. The minimum absolute atomic E-state index is 0.254. The van der Waals surface area contributed by atoms with Crippen molar-refractivity contribution in [1.29, 1.82) is 0 Å². The minimum Gasteiger partial charge on any atom is -0.379 e. The molecule has 0 fully saturated rings. The van der Waals surface area contributed by atoms with Crippen molar-refractivity contribution in [2.75, 3.05) is 5.32 Å². The van der Waals surface area contributed by atoms with Gasteiger partial charge in [0.1, 0.15) is 5.82 Å². The molecule has 1 heterocycles. The number of anilines is 1. The molecule has 1 aromatic carbocycles. The van der Waals surface area contributed by atoms with E-state index in [1.54, 1.807) is 12.3 Å². The lowest BCUT2D eigenvalue weighted by atomic mass is 10.2. The van der Waals surface area contributed by atoms with E-state index in [1.807, 2.05) is 17.7 Å². The van der Waals surface area contributed by atoms with Crippen LogP contribution in [0.5, 0.6) is 0 Å². The van der Waals surface area contributed by atoms with Crippen LogP contribution in [0.4, 0.5) is 10.1 Å². The van der Waals surface area contributed by atoms with E-state index in [0.29, 0.717) is 11.0 Å². The first-order chi connectivity index (χ1) is 9.11. The molecule has 102 valence electrons. The average Bonchev–Trinajstić information content (AvgIpc) is 2.80. The molecule has 1 aromatic heterocycles. The van der Waals surface area contributed by atoms with Gasteiger partial charge in [0, 0.05) is 18.4 Å². The second kappa shape index (κ2) is 6.19. The molecule has 5 heteroatoms. The first kappa shape index (κ1) is 14.1. The molecule has 0 amide bonds. The first-order valence-corrected chi connectivity index (χ1v) is 7.11. The van der Waals surface area contributed by atoms with Crippen LogP contribution >= 0.6 is 15.9 Å². The molecule has 0 atom stereocenters. The number of benzene rings is 1. The van der Waals surface area contributed by atoms with E-state index >= 15 is 0 Å². The van der Waals surface area contributed by atoms with E-state index in [9.17, 15) is 4.39 Å². The molecule has 0 saturated heterocycles. The Morgan fingerprint density at radius 2 is 2.21 bits per heavy atom. The fraction of sp³-hybridized carbons (Fsp3) is 0.357. The van der Waals surface area contributed by atoms with Gasteiger partial charge in [-0.05, 0) is 53.0 Å². The zero-order valence-electron chi connectivity index (χ0n) is 11.1. The molecule has 1 N–H and O–H groups in total. The first-order valence-electron chi connectivity index (χ1n) is 6.32. The van der Waals surface area contributed by atoms with Crippen LogP contribution in [0, 0.1) is 12.7 Å². The van der Waals surface area contributed by atoms with Crippen molar-refractivity contribution < 1.29 is 4.39 Å². The van der Waals surface area contributed by atoms with Gasteiger partial charge in [0.05, 0.1) is 16.7 Å². The summed E-state index contributed by atoms with van der Waals surface area (Å²) in [5, 5.41) is 7.53. The molecule has 0 aliphatic rings. The molecule has 0 spiro atoms.